The van der Waals surface area contributed by atoms with Crippen molar-refractivity contribution in [2.24, 2.45) is 0 Å². The molecule has 0 saturated heterocycles. The van der Waals surface area contributed by atoms with E-state index in [1.807, 2.05) is 42.5 Å². The first-order chi connectivity index (χ1) is 25.8. The summed E-state index contributed by atoms with van der Waals surface area (Å²) in [7, 11) is 10.0. The van der Waals surface area contributed by atoms with Crippen LogP contribution >= 0.6 is 45.2 Å². The lowest BCUT2D eigenvalue weighted by atomic mass is 9.78. The van der Waals surface area contributed by atoms with Gasteiger partial charge >= 0.3 is 0 Å². The van der Waals surface area contributed by atoms with Gasteiger partial charge in [-0.1, -0.05) is 61.2 Å². The van der Waals surface area contributed by atoms with Gasteiger partial charge in [0, 0.05) is 47.5 Å². The summed E-state index contributed by atoms with van der Waals surface area (Å²) in [4.78, 5) is 0. The first-order valence-electron chi connectivity index (χ1n) is 16.9. The van der Waals surface area contributed by atoms with E-state index in [2.05, 4.69) is 117 Å². The Morgan fingerprint density at radius 3 is 1.87 bits per heavy atom. The van der Waals surface area contributed by atoms with Crippen molar-refractivity contribution >= 4 is 72.8 Å². The summed E-state index contributed by atoms with van der Waals surface area (Å²) in [5, 5.41) is 4.44. The average molecular weight is 939 g/mol. The Bertz CT molecular complexity index is 2160. The van der Waals surface area contributed by atoms with Gasteiger partial charge in [-0.05, 0) is 126 Å². The minimum absolute atomic E-state index is 0.131. The predicted octanol–water partition coefficient (Wildman–Crippen LogP) is 11.3. The minimum Gasteiger partial charge on any atom is -0.497 e. The second kappa shape index (κ2) is 19.4. The molecule has 0 N–H and O–H groups in total. The maximum absolute atomic E-state index is 6.61. The van der Waals surface area contributed by atoms with Gasteiger partial charge in [-0.3, -0.25) is 0 Å². The third-order valence-electron chi connectivity index (χ3n) is 8.73. The Hall–Kier alpha value is -3.88. The largest absolute Gasteiger partial charge is 0.497 e. The maximum atomic E-state index is 6.61. The first kappa shape index (κ1) is 40.3. The molecule has 1 heterocycles. The van der Waals surface area contributed by atoms with Crippen molar-refractivity contribution in [3.8, 4) is 28.7 Å². The number of ether oxygens (including phenoxy) is 7. The van der Waals surface area contributed by atoms with Crippen molar-refractivity contribution in [2.75, 3.05) is 55.9 Å². The van der Waals surface area contributed by atoms with Crippen LogP contribution in [0.1, 0.15) is 33.7 Å². The molecule has 0 fully saturated rings. The van der Waals surface area contributed by atoms with Gasteiger partial charge in [0.05, 0.1) is 44.7 Å². The zero-order chi connectivity index (χ0) is 37.9. The molecule has 0 spiro atoms. The lowest BCUT2D eigenvalue weighted by Crippen LogP contribution is -2.15. The molecule has 7 rings (SSSR count). The Kier molecular flexibility index (Phi) is 14.8. The summed E-state index contributed by atoms with van der Waals surface area (Å²) >= 11 is 4.76. The highest BCUT2D eigenvalue weighted by atomic mass is 127. The van der Waals surface area contributed by atoms with E-state index in [9.17, 15) is 0 Å². The quantitative estimate of drug-likeness (QED) is 0.1000. The maximum Gasteiger partial charge on any atom is 0.144 e. The second-order valence-electron chi connectivity index (χ2n) is 12.1. The molecule has 7 nitrogen and oxygen atoms in total. The second-order valence-corrected chi connectivity index (χ2v) is 14.5. The normalized spacial score (nSPS) is 12.6. The molecule has 0 saturated carbocycles. The highest BCUT2D eigenvalue weighted by molar-refractivity contribution is 14.1. The van der Waals surface area contributed by atoms with Crippen LogP contribution in [0.2, 0.25) is 0 Å². The standard InChI is InChI=1S/C30H22I2O4.C12H16O2.C2H6O/c1-33-19-8-4-16-6-10-25(35-3)27(21(16)14-19)29-23-12-18(31)13-24(32)30(23)36-26-11-7-17-5-9-20(34-2)15-22(17)28(26)29;1-3-11-4-6-12(7-5-11)10-14-9-8-13-2;1-3-2/h4-15,29H,1-3H3;3-7H,1,8-10H2,2H3;1-2H3. The van der Waals surface area contributed by atoms with Crippen LogP contribution in [-0.2, 0) is 20.8 Å². The summed E-state index contributed by atoms with van der Waals surface area (Å²) in [5.74, 6) is 4.04. The molecule has 276 valence electrons. The summed E-state index contributed by atoms with van der Waals surface area (Å²) in [6.45, 7) is 5.62. The number of hydrogen-bond acceptors (Lipinski definition) is 7. The van der Waals surface area contributed by atoms with Crippen LogP contribution in [0.15, 0.2) is 104 Å². The summed E-state index contributed by atoms with van der Waals surface area (Å²) in [6.07, 6.45) is 1.83. The van der Waals surface area contributed by atoms with E-state index < -0.39 is 0 Å². The topological polar surface area (TPSA) is 64.6 Å². The Labute approximate surface area is 339 Å². The molecule has 0 aliphatic carbocycles. The molecule has 1 aliphatic rings. The molecule has 0 radical (unpaired) electrons. The number of halogens is 2. The van der Waals surface area contributed by atoms with E-state index in [-0.39, 0.29) is 5.92 Å². The van der Waals surface area contributed by atoms with Gasteiger partial charge in [0.2, 0.25) is 0 Å². The van der Waals surface area contributed by atoms with Gasteiger partial charge in [0.15, 0.2) is 0 Å². The van der Waals surface area contributed by atoms with Gasteiger partial charge < -0.3 is 33.2 Å². The van der Waals surface area contributed by atoms with E-state index in [0.29, 0.717) is 19.8 Å². The average Bonchev–Trinajstić information content (AvgIpc) is 3.18. The fourth-order valence-electron chi connectivity index (χ4n) is 6.27. The van der Waals surface area contributed by atoms with Crippen LogP contribution in [0.3, 0.4) is 0 Å². The molecule has 9 heteroatoms. The van der Waals surface area contributed by atoms with Crippen molar-refractivity contribution < 1.29 is 33.2 Å². The predicted molar refractivity (Wildman–Crippen MR) is 231 cm³/mol. The fraction of sp³-hybridized carbons (Fsp3) is 0.227. The molecule has 1 atom stereocenters. The van der Waals surface area contributed by atoms with Crippen molar-refractivity contribution in [3.63, 3.8) is 0 Å². The number of hydrogen-bond donors (Lipinski definition) is 0. The van der Waals surface area contributed by atoms with Gasteiger partial charge in [-0.2, -0.15) is 0 Å². The molecule has 0 amide bonds. The summed E-state index contributed by atoms with van der Waals surface area (Å²) in [5.41, 5.74) is 5.61. The molecule has 1 aliphatic heterocycles. The Morgan fingerprint density at radius 2 is 1.28 bits per heavy atom. The van der Waals surface area contributed by atoms with Crippen molar-refractivity contribution in [1.82, 2.24) is 0 Å². The number of fused-ring (bicyclic) bond motifs is 5. The van der Waals surface area contributed by atoms with E-state index in [1.165, 1.54) is 5.56 Å². The van der Waals surface area contributed by atoms with Gasteiger partial charge in [0.25, 0.3) is 0 Å². The van der Waals surface area contributed by atoms with Crippen molar-refractivity contribution in [3.05, 3.63) is 139 Å². The van der Waals surface area contributed by atoms with E-state index in [0.717, 1.165) is 79.7 Å². The van der Waals surface area contributed by atoms with Gasteiger partial charge in [-0.25, -0.2) is 0 Å². The molecule has 1 unspecified atom stereocenters. The van der Waals surface area contributed by atoms with E-state index in [1.54, 1.807) is 42.7 Å². The smallest absolute Gasteiger partial charge is 0.144 e. The van der Waals surface area contributed by atoms with E-state index in [4.69, 9.17) is 28.4 Å². The van der Waals surface area contributed by atoms with Crippen LogP contribution in [0.25, 0.3) is 27.6 Å². The highest BCUT2D eigenvalue weighted by Gasteiger charge is 2.35. The summed E-state index contributed by atoms with van der Waals surface area (Å²) in [6, 6.07) is 33.3. The summed E-state index contributed by atoms with van der Waals surface area (Å²) < 4.78 is 40.6. The van der Waals surface area contributed by atoms with Crippen LogP contribution < -0.4 is 18.9 Å². The molecule has 53 heavy (non-hydrogen) atoms. The molecule has 6 aromatic carbocycles. The number of methoxy groups -OCH3 is 5. The Balaban J connectivity index is 0.000000267. The fourth-order valence-corrected chi connectivity index (χ4v) is 8.27. The zero-order valence-corrected chi connectivity index (χ0v) is 35.1. The molecular weight excluding hydrogens is 894 g/mol. The van der Waals surface area contributed by atoms with Crippen LogP contribution in [0.5, 0.6) is 28.7 Å². The minimum atomic E-state index is -0.131. The number of benzene rings is 6. The molecular formula is C44H44I2O7. The van der Waals surface area contributed by atoms with E-state index >= 15 is 0 Å². The Morgan fingerprint density at radius 1 is 0.679 bits per heavy atom. The first-order valence-corrected chi connectivity index (χ1v) is 19.1. The zero-order valence-electron chi connectivity index (χ0n) is 30.8. The monoisotopic (exact) mass is 938 g/mol. The van der Waals surface area contributed by atoms with Crippen molar-refractivity contribution in [1.29, 1.82) is 0 Å². The van der Waals surface area contributed by atoms with Gasteiger partial charge in [-0.15, -0.1) is 0 Å². The van der Waals surface area contributed by atoms with Crippen LogP contribution in [0, 0.1) is 7.14 Å². The third-order valence-corrected chi connectivity index (χ3v) is 10.2. The lowest BCUT2D eigenvalue weighted by molar-refractivity contribution is 0.0616. The molecule has 0 bridgehead atoms. The van der Waals surface area contributed by atoms with Crippen LogP contribution in [0.4, 0.5) is 0 Å². The lowest BCUT2D eigenvalue weighted by Gasteiger charge is -2.32. The highest BCUT2D eigenvalue weighted by Crippen LogP contribution is 2.55. The number of rotatable bonds is 10. The van der Waals surface area contributed by atoms with Crippen LogP contribution in [-0.4, -0.2) is 55.9 Å². The molecule has 6 aromatic rings. The van der Waals surface area contributed by atoms with Crippen molar-refractivity contribution in [2.45, 2.75) is 12.5 Å². The van der Waals surface area contributed by atoms with Gasteiger partial charge in [0.1, 0.15) is 28.7 Å². The molecule has 0 aromatic heterocycles. The SMILES string of the molecule is C=Cc1ccc(COCCOC)cc1.COC.COc1ccc2ccc(OC)c(C3c4cc(I)cc(I)c4Oc4ccc5ccc(OC)cc5c43)c2c1. The third kappa shape index (κ3) is 9.44.